The molecule has 0 aromatic rings. The molecular formula is C28H64O13Si8. The number of rotatable bonds is 14. The van der Waals surface area contributed by atoms with Crippen molar-refractivity contribution in [1.29, 1.82) is 0 Å². The summed E-state index contributed by atoms with van der Waals surface area (Å²) in [5.74, 6) is 0.523. The summed E-state index contributed by atoms with van der Waals surface area (Å²) < 4.78 is 88.4. The van der Waals surface area contributed by atoms with Crippen LogP contribution in [-0.2, 0) is 49.4 Å². The van der Waals surface area contributed by atoms with Crippen LogP contribution in [0.1, 0.15) is 96.9 Å². The summed E-state index contributed by atoms with van der Waals surface area (Å²) >= 11 is 0. The lowest BCUT2D eigenvalue weighted by atomic mass is 10.3. The normalized spacial score (nSPS) is 43.7. The van der Waals surface area contributed by atoms with Crippen molar-refractivity contribution in [2.45, 2.75) is 139 Å². The van der Waals surface area contributed by atoms with E-state index in [1.807, 2.05) is 0 Å². The van der Waals surface area contributed by atoms with E-state index in [0.717, 1.165) is 0 Å². The quantitative estimate of drug-likeness (QED) is 0.184. The molecule has 0 aliphatic carbocycles. The van der Waals surface area contributed by atoms with E-state index in [9.17, 15) is 4.80 Å². The van der Waals surface area contributed by atoms with Crippen molar-refractivity contribution in [2.75, 3.05) is 0 Å². The smallest absolute Gasteiger partial charge is 0.373 e. The Bertz CT molecular complexity index is 1030. The number of hydrogen-bond acceptors (Lipinski definition) is 13. The van der Waals surface area contributed by atoms with Gasteiger partial charge < -0.3 is 54.2 Å². The molecule has 6 fully saturated rings. The molecule has 0 unspecified atom stereocenters. The third-order valence-corrected chi connectivity index (χ3v) is 46.7. The standard InChI is InChI=1S/C28H64O13Si8/c1-22(2)15-42-30-43(16-23(3)4)33-46(19-26(9)10)35-44(31-42,17-24(5)6)37-48(21-28(13)14)38-45(32-42,18-25(7)8)36-47(34-43,20-27(11)12)40-49(29,39-46)41-48/h22-29H,15-21H2,1-14H3. The van der Waals surface area contributed by atoms with Gasteiger partial charge in [-0.25, -0.2) is 0 Å². The minimum absolute atomic E-state index is 0.0448. The van der Waals surface area contributed by atoms with Crippen LogP contribution in [0, 0.1) is 41.4 Å². The van der Waals surface area contributed by atoms with Crippen molar-refractivity contribution in [1.82, 2.24) is 0 Å². The number of hydrogen-bond donors (Lipinski definition) is 1. The van der Waals surface area contributed by atoms with Gasteiger partial charge in [-0.2, -0.15) is 0 Å². The molecule has 0 atom stereocenters. The Morgan fingerprint density at radius 3 is 0.510 bits per heavy atom. The van der Waals surface area contributed by atoms with E-state index >= 15 is 0 Å². The molecule has 6 aliphatic rings. The summed E-state index contributed by atoms with van der Waals surface area (Å²) in [7, 11) is -32.5. The molecule has 286 valence electrons. The summed E-state index contributed by atoms with van der Waals surface area (Å²) in [5.41, 5.74) is 0. The van der Waals surface area contributed by atoms with E-state index in [1.165, 1.54) is 0 Å². The molecular weight excluding hydrogens is 769 g/mol. The Balaban J connectivity index is 1.93. The molecule has 0 spiro atoms. The molecule has 21 heteroatoms. The topological polar surface area (TPSA) is 131 Å². The summed E-state index contributed by atoms with van der Waals surface area (Å²) in [5, 5.41) is 0. The second kappa shape index (κ2) is 14.4. The Morgan fingerprint density at radius 1 is 0.265 bits per heavy atom. The zero-order valence-corrected chi connectivity index (χ0v) is 40.3. The highest BCUT2D eigenvalue weighted by Gasteiger charge is 2.84. The van der Waals surface area contributed by atoms with Gasteiger partial charge in [0.1, 0.15) is 0 Å². The van der Waals surface area contributed by atoms with Crippen molar-refractivity contribution >= 4 is 70.7 Å². The minimum Gasteiger partial charge on any atom is -0.373 e. The highest BCUT2D eigenvalue weighted by Crippen LogP contribution is 2.54. The van der Waals surface area contributed by atoms with Crippen LogP contribution in [0.25, 0.3) is 0 Å². The van der Waals surface area contributed by atoms with E-state index in [1.54, 1.807) is 0 Å². The first-order valence-electron chi connectivity index (χ1n) is 18.5. The Morgan fingerprint density at radius 2 is 0.388 bits per heavy atom. The van der Waals surface area contributed by atoms with Gasteiger partial charge >= 0.3 is 70.7 Å². The van der Waals surface area contributed by atoms with Gasteiger partial charge in [0.25, 0.3) is 0 Å². The third-order valence-electron chi connectivity index (χ3n) is 8.26. The van der Waals surface area contributed by atoms with E-state index in [2.05, 4.69) is 96.9 Å². The highest BCUT2D eigenvalue weighted by atomic mass is 28.6. The monoisotopic (exact) mass is 832 g/mol. The fourth-order valence-electron chi connectivity index (χ4n) is 7.60. The molecule has 13 nitrogen and oxygen atoms in total. The first-order valence-corrected chi connectivity index (χ1v) is 33.7. The summed E-state index contributed by atoms with van der Waals surface area (Å²) in [6.07, 6.45) is 0. The largest absolute Gasteiger partial charge is 0.654 e. The predicted octanol–water partition coefficient (Wildman–Crippen LogP) is 6.85. The predicted molar refractivity (Wildman–Crippen MR) is 199 cm³/mol. The van der Waals surface area contributed by atoms with Crippen LogP contribution in [0.4, 0.5) is 0 Å². The molecule has 6 aliphatic heterocycles. The fourth-order valence-corrected chi connectivity index (χ4v) is 56.4. The molecule has 6 rings (SSSR count). The van der Waals surface area contributed by atoms with Gasteiger partial charge in [0, 0.05) is 42.3 Å². The third kappa shape index (κ3) is 9.37. The molecule has 0 aromatic heterocycles. The van der Waals surface area contributed by atoms with Crippen molar-refractivity contribution < 1.29 is 54.2 Å². The van der Waals surface area contributed by atoms with Gasteiger partial charge in [0.15, 0.2) is 0 Å². The van der Waals surface area contributed by atoms with Gasteiger partial charge in [-0.3, -0.25) is 0 Å². The zero-order chi connectivity index (χ0) is 36.5. The van der Waals surface area contributed by atoms with Crippen molar-refractivity contribution in [3.8, 4) is 0 Å². The van der Waals surface area contributed by atoms with Gasteiger partial charge in [0.2, 0.25) is 0 Å². The molecule has 6 saturated heterocycles. The lowest BCUT2D eigenvalue weighted by Crippen LogP contribution is -2.88. The van der Waals surface area contributed by atoms with Crippen LogP contribution in [0.15, 0.2) is 0 Å². The van der Waals surface area contributed by atoms with Crippen molar-refractivity contribution in [3.05, 3.63) is 0 Å². The second-order valence-corrected chi connectivity index (χ2v) is 41.0. The van der Waals surface area contributed by atoms with Gasteiger partial charge in [0.05, 0.1) is 0 Å². The molecule has 6 heterocycles. The minimum atomic E-state index is -4.74. The van der Waals surface area contributed by atoms with Gasteiger partial charge in [-0.05, 0) is 41.4 Å². The summed E-state index contributed by atoms with van der Waals surface area (Å²) in [4.78, 5) is 12.8. The van der Waals surface area contributed by atoms with Crippen molar-refractivity contribution in [3.63, 3.8) is 0 Å². The van der Waals surface area contributed by atoms with Crippen LogP contribution >= 0.6 is 0 Å². The van der Waals surface area contributed by atoms with E-state index in [-0.39, 0.29) is 41.4 Å². The second-order valence-electron chi connectivity index (χ2n) is 17.7. The first kappa shape index (κ1) is 41.4. The highest BCUT2D eigenvalue weighted by molar-refractivity contribution is 7.02. The van der Waals surface area contributed by atoms with Crippen LogP contribution in [0.3, 0.4) is 0 Å². The van der Waals surface area contributed by atoms with E-state index < -0.39 is 70.7 Å². The molecule has 0 amide bonds. The fraction of sp³-hybridized carbons (Fsp3) is 1.00. The van der Waals surface area contributed by atoms with Crippen LogP contribution in [0.5, 0.6) is 0 Å². The zero-order valence-electron chi connectivity index (χ0n) is 32.3. The molecule has 0 radical (unpaired) electrons. The molecule has 49 heavy (non-hydrogen) atoms. The Kier molecular flexibility index (Phi) is 12.1. The maximum atomic E-state index is 12.8. The van der Waals surface area contributed by atoms with E-state index in [0.29, 0.717) is 42.3 Å². The molecule has 0 saturated carbocycles. The lowest BCUT2D eigenvalue weighted by Gasteiger charge is -2.63. The first-order chi connectivity index (χ1) is 22.4. The molecule has 0 aromatic carbocycles. The molecule has 1 N–H and O–H groups in total. The lowest BCUT2D eigenvalue weighted by molar-refractivity contribution is -0.0523. The summed E-state index contributed by atoms with van der Waals surface area (Å²) in [6, 6.07) is 2.79. The summed E-state index contributed by atoms with van der Waals surface area (Å²) in [6.45, 7) is 29.4. The van der Waals surface area contributed by atoms with Crippen LogP contribution in [0.2, 0.25) is 42.3 Å². The van der Waals surface area contributed by atoms with E-state index in [4.69, 9.17) is 49.4 Å². The SMILES string of the molecule is CC(C)C[Si]12O[Si]3(O)O[Si]4(CC(C)C)O[Si](CC(C)C)(O1)O[Si]1(CC(C)C)O[Si](CC(C)C)(O2)O[Si](CC(C)C)(O3)O[Si](CC(C)C)(O4)O1. The van der Waals surface area contributed by atoms with Gasteiger partial charge in [-0.15, -0.1) is 0 Å². The van der Waals surface area contributed by atoms with Gasteiger partial charge in [-0.1, -0.05) is 96.9 Å². The average molecular weight is 833 g/mol. The maximum Gasteiger partial charge on any atom is 0.654 e. The van der Waals surface area contributed by atoms with Crippen LogP contribution < -0.4 is 0 Å². The average Bonchev–Trinajstić information content (AvgIpc) is 2.74. The van der Waals surface area contributed by atoms with Crippen molar-refractivity contribution in [2.24, 2.45) is 41.4 Å². The Hall–Kier alpha value is 1.22. The van der Waals surface area contributed by atoms with Crippen LogP contribution in [-0.4, -0.2) is 75.5 Å². The maximum absolute atomic E-state index is 12.8. The Labute approximate surface area is 304 Å². The molecule has 8 bridgehead atoms.